The minimum atomic E-state index is -0.765. The first kappa shape index (κ1) is 16.1. The van der Waals surface area contributed by atoms with Crippen molar-refractivity contribution in [1.82, 2.24) is 5.32 Å². The van der Waals surface area contributed by atoms with E-state index in [1.807, 2.05) is 32.5 Å². The van der Waals surface area contributed by atoms with Crippen molar-refractivity contribution in [3.05, 3.63) is 0 Å². The zero-order valence-electron chi connectivity index (χ0n) is 11.8. The van der Waals surface area contributed by atoms with E-state index in [1.54, 1.807) is 0 Å². The van der Waals surface area contributed by atoms with Crippen LogP contribution in [0.2, 0.25) is 0 Å². The summed E-state index contributed by atoms with van der Waals surface area (Å²) in [5, 5.41) is 11.6. The third-order valence-electron chi connectivity index (χ3n) is 2.98. The van der Waals surface area contributed by atoms with Crippen LogP contribution in [0.4, 0.5) is 4.79 Å². The Morgan fingerprint density at radius 2 is 2.05 bits per heavy atom. The maximum absolute atomic E-state index is 11.6. The zero-order valence-corrected chi connectivity index (χ0v) is 12.6. The number of carboxylic acids is 1. The first-order chi connectivity index (χ1) is 8.78. The average Bonchev–Trinajstić information content (AvgIpc) is 2.24. The second kappa shape index (κ2) is 7.03. The summed E-state index contributed by atoms with van der Waals surface area (Å²) in [6.07, 6.45) is 0.649. The molecule has 1 aliphatic heterocycles. The second-order valence-corrected chi connectivity index (χ2v) is 7.01. The number of amides is 1. The third kappa shape index (κ3) is 6.71. The Bertz CT molecular complexity index is 327. The number of thioether (sulfide) groups is 1. The summed E-state index contributed by atoms with van der Waals surface area (Å²) in [5.74, 6) is 1.49. The highest BCUT2D eigenvalue weighted by molar-refractivity contribution is 7.99. The molecule has 2 N–H and O–H groups in total. The van der Waals surface area contributed by atoms with Gasteiger partial charge in [0.05, 0.1) is 0 Å². The molecule has 0 aliphatic carbocycles. The summed E-state index contributed by atoms with van der Waals surface area (Å²) in [4.78, 5) is 22.4. The van der Waals surface area contributed by atoms with E-state index in [4.69, 9.17) is 9.84 Å². The largest absolute Gasteiger partial charge is 0.481 e. The highest BCUT2D eigenvalue weighted by Gasteiger charge is 2.28. The Morgan fingerprint density at radius 1 is 1.37 bits per heavy atom. The van der Waals surface area contributed by atoms with Gasteiger partial charge in [-0.25, -0.2) is 4.79 Å². The van der Waals surface area contributed by atoms with Crippen LogP contribution in [0.25, 0.3) is 0 Å². The van der Waals surface area contributed by atoms with Gasteiger partial charge in [0.25, 0.3) is 0 Å². The van der Waals surface area contributed by atoms with E-state index in [9.17, 15) is 9.59 Å². The van der Waals surface area contributed by atoms with Gasteiger partial charge in [-0.1, -0.05) is 0 Å². The van der Waals surface area contributed by atoms with Gasteiger partial charge in [0.2, 0.25) is 0 Å². The van der Waals surface area contributed by atoms with Gasteiger partial charge in [0.1, 0.15) is 5.60 Å². The van der Waals surface area contributed by atoms with Crippen LogP contribution in [0.5, 0.6) is 0 Å². The molecule has 0 bridgehead atoms. The van der Waals surface area contributed by atoms with Gasteiger partial charge >= 0.3 is 12.1 Å². The van der Waals surface area contributed by atoms with Crippen LogP contribution in [0.1, 0.15) is 33.6 Å². The van der Waals surface area contributed by atoms with Crippen LogP contribution in [-0.4, -0.2) is 40.8 Å². The van der Waals surface area contributed by atoms with Gasteiger partial charge in [-0.15, -0.1) is 0 Å². The number of carbonyl (C=O) groups is 2. The minimum Gasteiger partial charge on any atom is -0.481 e. The molecule has 110 valence electrons. The Kier molecular flexibility index (Phi) is 5.97. The standard InChI is InChI=1S/C13H23NO4S/c1-13(2,3)18-12(17)14-7-10-8-19-5-4-9(10)6-11(15)16/h9-10H,4-8H2,1-3H3,(H,14,17)(H,15,16)/t9-,10+/m0/s1. The number of aliphatic carboxylic acids is 1. The van der Waals surface area contributed by atoms with Crippen LogP contribution in [-0.2, 0) is 9.53 Å². The van der Waals surface area contributed by atoms with Gasteiger partial charge < -0.3 is 15.2 Å². The molecule has 5 nitrogen and oxygen atoms in total. The summed E-state index contributed by atoms with van der Waals surface area (Å²) in [6, 6.07) is 0. The summed E-state index contributed by atoms with van der Waals surface area (Å²) >= 11 is 1.81. The van der Waals surface area contributed by atoms with Gasteiger partial charge in [0, 0.05) is 13.0 Å². The van der Waals surface area contributed by atoms with Gasteiger partial charge in [-0.05, 0) is 50.5 Å². The molecule has 0 aromatic carbocycles. The molecule has 0 spiro atoms. The van der Waals surface area contributed by atoms with Crippen molar-refractivity contribution >= 4 is 23.8 Å². The monoisotopic (exact) mass is 289 g/mol. The van der Waals surface area contributed by atoms with Crippen LogP contribution < -0.4 is 5.32 Å². The van der Waals surface area contributed by atoms with Crippen molar-refractivity contribution < 1.29 is 19.4 Å². The minimum absolute atomic E-state index is 0.147. The molecule has 1 rings (SSSR count). The molecular formula is C13H23NO4S. The lowest BCUT2D eigenvalue weighted by Crippen LogP contribution is -2.39. The quantitative estimate of drug-likeness (QED) is 0.831. The summed E-state index contributed by atoms with van der Waals surface area (Å²) < 4.78 is 5.17. The molecule has 0 saturated carbocycles. The lowest BCUT2D eigenvalue weighted by Gasteiger charge is -2.30. The smallest absolute Gasteiger partial charge is 0.407 e. The molecule has 0 unspecified atom stereocenters. The molecule has 1 heterocycles. The van der Waals surface area contributed by atoms with Gasteiger partial charge in [-0.3, -0.25) is 4.79 Å². The number of carbonyl (C=O) groups excluding carboxylic acids is 1. The van der Waals surface area contributed by atoms with E-state index in [0.29, 0.717) is 6.54 Å². The predicted octanol–water partition coefficient (Wildman–Crippen LogP) is 2.36. The van der Waals surface area contributed by atoms with E-state index in [0.717, 1.165) is 17.9 Å². The molecule has 0 aromatic rings. The highest BCUT2D eigenvalue weighted by atomic mass is 32.2. The van der Waals surface area contributed by atoms with Crippen molar-refractivity contribution in [1.29, 1.82) is 0 Å². The number of hydrogen-bond acceptors (Lipinski definition) is 4. The van der Waals surface area contributed by atoms with Crippen molar-refractivity contribution in [2.24, 2.45) is 11.8 Å². The van der Waals surface area contributed by atoms with Gasteiger partial charge in [-0.2, -0.15) is 11.8 Å². The molecular weight excluding hydrogens is 266 g/mol. The Hall–Kier alpha value is -0.910. The van der Waals surface area contributed by atoms with Crippen molar-refractivity contribution in [3.8, 4) is 0 Å². The SMILES string of the molecule is CC(C)(C)OC(=O)NC[C@@H]1CSCC[C@H]1CC(=O)O. The summed E-state index contributed by atoms with van der Waals surface area (Å²) in [7, 11) is 0. The van der Waals surface area contributed by atoms with Crippen LogP contribution in [0.15, 0.2) is 0 Å². The van der Waals surface area contributed by atoms with Crippen LogP contribution in [0, 0.1) is 11.8 Å². The first-order valence-electron chi connectivity index (χ1n) is 6.54. The molecule has 19 heavy (non-hydrogen) atoms. The number of hydrogen-bond donors (Lipinski definition) is 2. The molecule has 1 aliphatic rings. The van der Waals surface area contributed by atoms with Crippen molar-refractivity contribution in [2.75, 3.05) is 18.1 Å². The summed E-state index contributed by atoms with van der Waals surface area (Å²) in [5.41, 5.74) is -0.508. The topological polar surface area (TPSA) is 75.6 Å². The number of alkyl carbamates (subject to hydrolysis) is 1. The maximum Gasteiger partial charge on any atom is 0.407 e. The van der Waals surface area contributed by atoms with Gasteiger partial charge in [0.15, 0.2) is 0 Å². The second-order valence-electron chi connectivity index (χ2n) is 5.86. The third-order valence-corrected chi connectivity index (χ3v) is 4.16. The Morgan fingerprint density at radius 3 is 2.63 bits per heavy atom. The van der Waals surface area contributed by atoms with Crippen LogP contribution in [0.3, 0.4) is 0 Å². The fourth-order valence-corrected chi connectivity index (χ4v) is 3.42. The molecule has 1 saturated heterocycles. The Labute approximate surface area is 118 Å². The number of nitrogens with one attached hydrogen (secondary N) is 1. The zero-order chi connectivity index (χ0) is 14.5. The lowest BCUT2D eigenvalue weighted by molar-refractivity contribution is -0.138. The fraction of sp³-hybridized carbons (Fsp3) is 0.846. The first-order valence-corrected chi connectivity index (χ1v) is 7.70. The van der Waals surface area contributed by atoms with Crippen molar-refractivity contribution in [2.45, 2.75) is 39.2 Å². The molecule has 1 amide bonds. The molecule has 0 radical (unpaired) electrons. The van der Waals surface area contributed by atoms with E-state index >= 15 is 0 Å². The van der Waals surface area contributed by atoms with E-state index in [1.165, 1.54) is 0 Å². The molecule has 2 atom stereocenters. The molecule has 6 heteroatoms. The number of rotatable bonds is 4. The highest BCUT2D eigenvalue weighted by Crippen LogP contribution is 2.30. The number of ether oxygens (including phenoxy) is 1. The Balaban J connectivity index is 2.40. The number of carboxylic acid groups (broad SMARTS) is 1. The van der Waals surface area contributed by atoms with Crippen LogP contribution >= 0.6 is 11.8 Å². The lowest BCUT2D eigenvalue weighted by atomic mass is 9.88. The predicted molar refractivity (Wildman–Crippen MR) is 75.4 cm³/mol. The normalized spacial score (nSPS) is 23.7. The van der Waals surface area contributed by atoms with E-state index in [2.05, 4.69) is 5.32 Å². The van der Waals surface area contributed by atoms with E-state index < -0.39 is 17.7 Å². The average molecular weight is 289 g/mol. The van der Waals surface area contributed by atoms with Crippen molar-refractivity contribution in [3.63, 3.8) is 0 Å². The van der Waals surface area contributed by atoms with E-state index in [-0.39, 0.29) is 18.3 Å². The maximum atomic E-state index is 11.6. The molecule has 1 fully saturated rings. The summed E-state index contributed by atoms with van der Waals surface area (Å²) in [6.45, 7) is 5.93. The fourth-order valence-electron chi connectivity index (χ4n) is 2.09. The molecule has 0 aromatic heterocycles.